The van der Waals surface area contributed by atoms with Crippen molar-refractivity contribution in [3.05, 3.63) is 69.2 Å². The summed E-state index contributed by atoms with van der Waals surface area (Å²) in [5.41, 5.74) is -3.64. The zero-order valence-electron chi connectivity index (χ0n) is 23.0. The molecule has 0 bridgehead atoms. The summed E-state index contributed by atoms with van der Waals surface area (Å²) in [5.74, 6) is -2.14. The Labute approximate surface area is 240 Å². The number of halogens is 6. The number of likely N-dealkylation sites (tertiary alicyclic amines) is 1. The predicted molar refractivity (Wildman–Crippen MR) is 144 cm³/mol. The van der Waals surface area contributed by atoms with Gasteiger partial charge in [-0.25, -0.2) is 13.6 Å². The number of carbonyl (C=O) groups is 2. The first-order valence-electron chi connectivity index (χ1n) is 14.0. The van der Waals surface area contributed by atoms with Crippen LogP contribution in [0.4, 0.5) is 22.0 Å². The fraction of sp³-hybridized carbons (Fsp3) is 0.548. The zero-order valence-corrected chi connectivity index (χ0v) is 23.7. The second kappa shape index (κ2) is 10.2. The summed E-state index contributed by atoms with van der Waals surface area (Å²) < 4.78 is 70.1. The van der Waals surface area contributed by atoms with E-state index in [1.165, 1.54) is 12.1 Å². The molecule has 4 nitrogen and oxygen atoms in total. The molecule has 222 valence electrons. The summed E-state index contributed by atoms with van der Waals surface area (Å²) in [6.07, 6.45) is -3.36. The third-order valence-corrected chi connectivity index (χ3v) is 10.2. The smallest absolute Gasteiger partial charge is 0.426 e. The standard InChI is InChI=1S/C31H33ClF5NO3/c1-18-3-4-19(15-24(18)32)17-29-13-14-38(26(39)20-9-11-30(34,12-10-20)27(40)41)25(29)8-5-21-16-22(6-7-23(21)29)28(2,33)31(35,36)37/h3-4,6-7,15-16,20,25H,5,8-14,17H2,1-2H3,(H,40,41)/t20-,25?,28?,29?,30+. The van der Waals surface area contributed by atoms with Crippen molar-refractivity contribution in [2.24, 2.45) is 5.92 Å². The van der Waals surface area contributed by atoms with Gasteiger partial charge in [-0.1, -0.05) is 41.9 Å². The minimum Gasteiger partial charge on any atom is -0.479 e. The number of carboxylic acids is 1. The van der Waals surface area contributed by atoms with Gasteiger partial charge in [-0.05, 0) is 99.1 Å². The van der Waals surface area contributed by atoms with E-state index < -0.39 is 40.4 Å². The average Bonchev–Trinajstić information content (AvgIpc) is 3.29. The van der Waals surface area contributed by atoms with Gasteiger partial charge in [-0.2, -0.15) is 13.2 Å². The highest BCUT2D eigenvalue weighted by molar-refractivity contribution is 6.31. The highest BCUT2D eigenvalue weighted by Gasteiger charge is 2.56. The number of hydrogen-bond donors (Lipinski definition) is 1. The highest BCUT2D eigenvalue weighted by atomic mass is 35.5. The van der Waals surface area contributed by atoms with Gasteiger partial charge in [-0.3, -0.25) is 4.79 Å². The maximum Gasteiger partial charge on any atom is 0.426 e. The molecule has 2 fully saturated rings. The van der Waals surface area contributed by atoms with Gasteiger partial charge in [0.15, 0.2) is 0 Å². The Hall–Kier alpha value is -2.68. The molecule has 1 saturated heterocycles. The minimum atomic E-state index is -5.07. The van der Waals surface area contributed by atoms with Gasteiger partial charge in [0.05, 0.1) is 0 Å². The fourth-order valence-electron chi connectivity index (χ4n) is 7.17. The second-order valence-corrected chi connectivity index (χ2v) is 12.6. The van der Waals surface area contributed by atoms with Gasteiger partial charge in [0.25, 0.3) is 0 Å². The van der Waals surface area contributed by atoms with E-state index in [-0.39, 0.29) is 37.6 Å². The van der Waals surface area contributed by atoms with Crippen LogP contribution >= 0.6 is 11.6 Å². The predicted octanol–water partition coefficient (Wildman–Crippen LogP) is 7.41. The Kier molecular flexibility index (Phi) is 7.45. The van der Waals surface area contributed by atoms with Crippen molar-refractivity contribution >= 4 is 23.5 Å². The Bertz CT molecular complexity index is 1370. The van der Waals surface area contributed by atoms with E-state index in [2.05, 4.69) is 0 Å². The molecule has 3 unspecified atom stereocenters. The van der Waals surface area contributed by atoms with Crippen molar-refractivity contribution < 1.29 is 36.6 Å². The van der Waals surface area contributed by atoms with E-state index >= 15 is 0 Å². The molecule has 5 rings (SSSR count). The van der Waals surface area contributed by atoms with Crippen LogP contribution < -0.4 is 0 Å². The molecule has 41 heavy (non-hydrogen) atoms. The SMILES string of the molecule is Cc1ccc(CC23CCN(C(=O)[C@H]4CC[C@](F)(C(=O)O)CC4)C2CCc2cc(C(C)(F)C(F)(F)F)ccc23)cc1Cl. The number of aryl methyl sites for hydroxylation is 2. The Morgan fingerprint density at radius 3 is 2.34 bits per heavy atom. The number of aliphatic carboxylic acids is 1. The largest absolute Gasteiger partial charge is 0.479 e. The van der Waals surface area contributed by atoms with Gasteiger partial charge >= 0.3 is 12.1 Å². The van der Waals surface area contributed by atoms with E-state index in [9.17, 15) is 36.6 Å². The third-order valence-electron chi connectivity index (χ3n) is 9.77. The van der Waals surface area contributed by atoms with E-state index in [4.69, 9.17) is 11.6 Å². The molecule has 2 aromatic carbocycles. The normalized spacial score (nSPS) is 29.4. The number of benzene rings is 2. The summed E-state index contributed by atoms with van der Waals surface area (Å²) in [6.45, 7) is 2.82. The lowest BCUT2D eigenvalue weighted by Gasteiger charge is -2.45. The molecule has 0 radical (unpaired) electrons. The maximum absolute atomic E-state index is 14.9. The molecule has 0 spiro atoms. The number of amides is 1. The maximum atomic E-state index is 14.9. The second-order valence-electron chi connectivity index (χ2n) is 12.2. The van der Waals surface area contributed by atoms with Crippen LogP contribution in [0.1, 0.15) is 73.3 Å². The number of carboxylic acid groups (broad SMARTS) is 1. The molecule has 1 N–H and O–H groups in total. The lowest BCUT2D eigenvalue weighted by atomic mass is 9.63. The van der Waals surface area contributed by atoms with Crippen molar-refractivity contribution in [1.82, 2.24) is 4.90 Å². The molecule has 1 heterocycles. The van der Waals surface area contributed by atoms with Crippen molar-refractivity contribution in [2.75, 3.05) is 6.54 Å². The molecule has 2 aromatic rings. The first-order chi connectivity index (χ1) is 19.1. The number of carbonyl (C=O) groups excluding carboxylic acids is 1. The van der Waals surface area contributed by atoms with Crippen LogP contribution in [0.3, 0.4) is 0 Å². The first-order valence-corrected chi connectivity index (χ1v) is 14.3. The molecule has 3 aliphatic rings. The summed E-state index contributed by atoms with van der Waals surface area (Å²) in [4.78, 5) is 27.0. The van der Waals surface area contributed by atoms with Crippen LogP contribution in [0.15, 0.2) is 36.4 Å². The third kappa shape index (κ3) is 5.02. The molecule has 2 aliphatic carbocycles. The quantitative estimate of drug-likeness (QED) is 0.365. The lowest BCUT2D eigenvalue weighted by Crippen LogP contribution is -2.51. The molecule has 1 saturated carbocycles. The van der Waals surface area contributed by atoms with Gasteiger partial charge in [0.2, 0.25) is 17.2 Å². The number of fused-ring (bicyclic) bond motifs is 3. The minimum absolute atomic E-state index is 0.137. The molecule has 10 heteroatoms. The van der Waals surface area contributed by atoms with Crippen molar-refractivity contribution in [2.45, 2.75) is 94.2 Å². The van der Waals surface area contributed by atoms with Crippen LogP contribution in [0.25, 0.3) is 0 Å². The summed E-state index contributed by atoms with van der Waals surface area (Å²) in [5, 5.41) is 9.83. The van der Waals surface area contributed by atoms with Crippen LogP contribution in [0, 0.1) is 12.8 Å². The van der Waals surface area contributed by atoms with E-state index in [1.807, 2.05) is 30.0 Å². The lowest BCUT2D eigenvalue weighted by molar-refractivity contribution is -0.228. The van der Waals surface area contributed by atoms with E-state index in [1.54, 1.807) is 6.07 Å². The van der Waals surface area contributed by atoms with E-state index in [0.29, 0.717) is 49.7 Å². The van der Waals surface area contributed by atoms with Crippen molar-refractivity contribution in [1.29, 1.82) is 0 Å². The first kappa shape index (κ1) is 29.8. The highest BCUT2D eigenvalue weighted by Crippen LogP contribution is 2.52. The van der Waals surface area contributed by atoms with Crippen molar-refractivity contribution in [3.63, 3.8) is 0 Å². The van der Waals surface area contributed by atoms with Crippen LogP contribution in [0.5, 0.6) is 0 Å². The van der Waals surface area contributed by atoms with Crippen LogP contribution in [-0.4, -0.2) is 46.3 Å². The Morgan fingerprint density at radius 2 is 1.73 bits per heavy atom. The molecular formula is C31H33ClF5NO3. The Balaban J connectivity index is 1.51. The molecule has 1 aliphatic heterocycles. The topological polar surface area (TPSA) is 57.6 Å². The summed E-state index contributed by atoms with van der Waals surface area (Å²) in [6, 6.07) is 9.57. The Morgan fingerprint density at radius 1 is 1.05 bits per heavy atom. The van der Waals surface area contributed by atoms with Crippen molar-refractivity contribution in [3.8, 4) is 0 Å². The number of nitrogens with zero attached hydrogens (tertiary/aromatic N) is 1. The van der Waals surface area contributed by atoms with Gasteiger partial charge in [0, 0.05) is 28.9 Å². The molecule has 3 atom stereocenters. The monoisotopic (exact) mass is 597 g/mol. The van der Waals surface area contributed by atoms with Crippen LogP contribution in [0.2, 0.25) is 5.02 Å². The zero-order chi connectivity index (χ0) is 30.0. The fourth-order valence-corrected chi connectivity index (χ4v) is 7.37. The number of rotatable bonds is 5. The summed E-state index contributed by atoms with van der Waals surface area (Å²) in [7, 11) is 0. The molecule has 1 amide bonds. The average molecular weight is 598 g/mol. The molecular weight excluding hydrogens is 565 g/mol. The van der Waals surface area contributed by atoms with Gasteiger partial charge in [-0.15, -0.1) is 0 Å². The van der Waals surface area contributed by atoms with Gasteiger partial charge < -0.3 is 10.0 Å². The van der Waals surface area contributed by atoms with E-state index in [0.717, 1.165) is 16.7 Å². The number of alkyl halides is 5. The molecule has 0 aromatic heterocycles. The van der Waals surface area contributed by atoms with Gasteiger partial charge in [0.1, 0.15) is 0 Å². The summed E-state index contributed by atoms with van der Waals surface area (Å²) >= 11 is 6.43. The number of hydrogen-bond acceptors (Lipinski definition) is 2. The van der Waals surface area contributed by atoms with Crippen LogP contribution in [-0.2, 0) is 33.5 Å².